The molecule has 2 heteroatoms. The van der Waals surface area contributed by atoms with Gasteiger partial charge in [0.1, 0.15) is 0 Å². The number of aryl methyl sites for hydroxylation is 1. The smallest absolute Gasteiger partial charge is 0.0879 e. The average molecular weight is 250 g/mol. The van der Waals surface area contributed by atoms with Crippen LogP contribution in [-0.4, -0.2) is 4.57 Å². The van der Waals surface area contributed by atoms with Gasteiger partial charge in [-0.1, -0.05) is 30.3 Å². The van der Waals surface area contributed by atoms with E-state index >= 15 is 0 Å². The third kappa shape index (κ3) is 1.90. The van der Waals surface area contributed by atoms with Gasteiger partial charge in [0.2, 0.25) is 0 Å². The van der Waals surface area contributed by atoms with Crippen LogP contribution in [0.4, 0.5) is 0 Å². The van der Waals surface area contributed by atoms with E-state index in [0.717, 1.165) is 6.54 Å². The Bertz CT molecular complexity index is 417. The molecule has 0 fully saturated rings. The molecule has 1 aromatic carbocycles. The van der Waals surface area contributed by atoms with Crippen molar-refractivity contribution in [2.45, 2.75) is 13.5 Å². The molecule has 2 rings (SSSR count). The molecule has 0 atom stereocenters. The number of hydrogen-bond acceptors (Lipinski definition) is 0. The van der Waals surface area contributed by atoms with Crippen LogP contribution < -0.4 is 0 Å². The topological polar surface area (TPSA) is 4.93 Å². The zero-order valence-corrected chi connectivity index (χ0v) is 9.66. The Hall–Kier alpha value is -1.02. The summed E-state index contributed by atoms with van der Waals surface area (Å²) in [5.74, 6) is 0. The fourth-order valence-corrected chi connectivity index (χ4v) is 1.84. The normalized spacial score (nSPS) is 10.4. The molecule has 1 aromatic heterocycles. The molecule has 1 heterocycles. The molecule has 0 aliphatic heterocycles. The predicted molar refractivity (Wildman–Crippen MR) is 62.4 cm³/mol. The van der Waals surface area contributed by atoms with E-state index in [2.05, 4.69) is 63.9 Å². The van der Waals surface area contributed by atoms with Crippen molar-refractivity contribution < 1.29 is 0 Å². The Morgan fingerprint density at radius 2 is 1.86 bits per heavy atom. The van der Waals surface area contributed by atoms with Crippen molar-refractivity contribution in [1.82, 2.24) is 4.57 Å². The SMILES string of the molecule is Cc1ccn(Cc2ccccc2)c1Br. The summed E-state index contributed by atoms with van der Waals surface area (Å²) in [5.41, 5.74) is 2.60. The number of halogens is 1. The average Bonchev–Trinajstić information content (AvgIpc) is 2.52. The second-order valence-corrected chi connectivity index (χ2v) is 4.15. The van der Waals surface area contributed by atoms with Gasteiger partial charge >= 0.3 is 0 Å². The highest BCUT2D eigenvalue weighted by Gasteiger charge is 2.01. The minimum atomic E-state index is 0.926. The fraction of sp³-hybridized carbons (Fsp3) is 0.167. The first-order valence-electron chi connectivity index (χ1n) is 4.62. The number of nitrogens with zero attached hydrogens (tertiary/aromatic N) is 1. The number of benzene rings is 1. The van der Waals surface area contributed by atoms with Crippen molar-refractivity contribution in [3.8, 4) is 0 Å². The van der Waals surface area contributed by atoms with Crippen LogP contribution >= 0.6 is 15.9 Å². The zero-order chi connectivity index (χ0) is 9.97. The molecule has 72 valence electrons. The van der Waals surface area contributed by atoms with Gasteiger partial charge in [-0.25, -0.2) is 0 Å². The molecule has 0 aliphatic carbocycles. The number of rotatable bonds is 2. The van der Waals surface area contributed by atoms with Crippen molar-refractivity contribution in [3.63, 3.8) is 0 Å². The van der Waals surface area contributed by atoms with Crippen molar-refractivity contribution in [3.05, 3.63) is 58.3 Å². The van der Waals surface area contributed by atoms with Crippen LogP contribution in [0, 0.1) is 6.92 Å². The Labute approximate surface area is 92.5 Å². The van der Waals surface area contributed by atoms with Crippen LogP contribution in [0.3, 0.4) is 0 Å². The van der Waals surface area contributed by atoms with Gasteiger partial charge in [-0.3, -0.25) is 0 Å². The highest BCUT2D eigenvalue weighted by Crippen LogP contribution is 2.18. The maximum atomic E-state index is 3.57. The molecule has 0 bridgehead atoms. The lowest BCUT2D eigenvalue weighted by atomic mass is 10.2. The predicted octanol–water partition coefficient (Wildman–Crippen LogP) is 3.61. The van der Waals surface area contributed by atoms with E-state index in [1.807, 2.05) is 6.07 Å². The molecule has 14 heavy (non-hydrogen) atoms. The fourth-order valence-electron chi connectivity index (χ4n) is 1.46. The molecule has 1 nitrogen and oxygen atoms in total. The molecular formula is C12H12BrN. The van der Waals surface area contributed by atoms with Crippen LogP contribution in [0.25, 0.3) is 0 Å². The molecule has 0 spiro atoms. The van der Waals surface area contributed by atoms with E-state index in [0.29, 0.717) is 0 Å². The summed E-state index contributed by atoms with van der Waals surface area (Å²) < 4.78 is 3.37. The van der Waals surface area contributed by atoms with Crippen LogP contribution in [0.5, 0.6) is 0 Å². The first kappa shape index (κ1) is 9.53. The Morgan fingerprint density at radius 1 is 1.14 bits per heavy atom. The number of hydrogen-bond donors (Lipinski definition) is 0. The second-order valence-electron chi connectivity index (χ2n) is 3.40. The molecule has 0 aliphatic rings. The summed E-state index contributed by atoms with van der Waals surface area (Å²) in [6, 6.07) is 12.6. The van der Waals surface area contributed by atoms with Gasteiger partial charge in [-0.05, 0) is 40.0 Å². The summed E-state index contributed by atoms with van der Waals surface area (Å²) in [6.07, 6.45) is 2.10. The van der Waals surface area contributed by atoms with Crippen LogP contribution in [0.15, 0.2) is 47.2 Å². The molecule has 2 aromatic rings. The van der Waals surface area contributed by atoms with E-state index < -0.39 is 0 Å². The standard InChI is InChI=1S/C12H12BrN/c1-10-7-8-14(12(10)13)9-11-5-3-2-4-6-11/h2-8H,9H2,1H3. The first-order valence-corrected chi connectivity index (χ1v) is 5.42. The first-order chi connectivity index (χ1) is 6.77. The minimum absolute atomic E-state index is 0.926. The quantitative estimate of drug-likeness (QED) is 0.767. The molecule has 0 unspecified atom stereocenters. The third-order valence-corrected chi connectivity index (χ3v) is 3.36. The van der Waals surface area contributed by atoms with Crippen LogP contribution in [-0.2, 0) is 6.54 Å². The van der Waals surface area contributed by atoms with E-state index in [1.165, 1.54) is 15.7 Å². The van der Waals surface area contributed by atoms with Gasteiger partial charge in [0.15, 0.2) is 0 Å². The second kappa shape index (κ2) is 4.01. The molecule has 0 saturated heterocycles. The summed E-state index contributed by atoms with van der Waals surface area (Å²) in [7, 11) is 0. The summed E-state index contributed by atoms with van der Waals surface area (Å²) in [6.45, 7) is 3.03. The summed E-state index contributed by atoms with van der Waals surface area (Å²) in [5, 5.41) is 0. The van der Waals surface area contributed by atoms with Crippen molar-refractivity contribution in [1.29, 1.82) is 0 Å². The minimum Gasteiger partial charge on any atom is -0.338 e. The van der Waals surface area contributed by atoms with E-state index in [9.17, 15) is 0 Å². The largest absolute Gasteiger partial charge is 0.338 e. The van der Waals surface area contributed by atoms with E-state index in [-0.39, 0.29) is 0 Å². The molecule has 0 radical (unpaired) electrons. The lowest BCUT2D eigenvalue weighted by molar-refractivity contribution is 0.785. The maximum Gasteiger partial charge on any atom is 0.0879 e. The Kier molecular flexibility index (Phi) is 2.73. The Morgan fingerprint density at radius 3 is 2.43 bits per heavy atom. The lowest BCUT2D eigenvalue weighted by Gasteiger charge is -2.05. The number of aromatic nitrogens is 1. The van der Waals surface area contributed by atoms with Crippen molar-refractivity contribution >= 4 is 15.9 Å². The monoisotopic (exact) mass is 249 g/mol. The molecular weight excluding hydrogens is 238 g/mol. The van der Waals surface area contributed by atoms with Gasteiger partial charge < -0.3 is 4.57 Å². The highest BCUT2D eigenvalue weighted by molar-refractivity contribution is 9.10. The van der Waals surface area contributed by atoms with E-state index in [1.54, 1.807) is 0 Å². The molecule has 0 saturated carbocycles. The van der Waals surface area contributed by atoms with Gasteiger partial charge in [-0.2, -0.15) is 0 Å². The van der Waals surface area contributed by atoms with Crippen molar-refractivity contribution in [2.75, 3.05) is 0 Å². The maximum absolute atomic E-state index is 3.57. The highest BCUT2D eigenvalue weighted by atomic mass is 79.9. The van der Waals surface area contributed by atoms with Gasteiger partial charge in [0.25, 0.3) is 0 Å². The molecule has 0 N–H and O–H groups in total. The van der Waals surface area contributed by atoms with Gasteiger partial charge in [0.05, 0.1) is 4.60 Å². The van der Waals surface area contributed by atoms with E-state index in [4.69, 9.17) is 0 Å². The lowest BCUT2D eigenvalue weighted by Crippen LogP contribution is -1.97. The van der Waals surface area contributed by atoms with Gasteiger partial charge in [-0.15, -0.1) is 0 Å². The summed E-state index contributed by atoms with van der Waals surface area (Å²) >= 11 is 3.57. The van der Waals surface area contributed by atoms with Crippen LogP contribution in [0.2, 0.25) is 0 Å². The molecule has 0 amide bonds. The van der Waals surface area contributed by atoms with Crippen LogP contribution in [0.1, 0.15) is 11.1 Å². The van der Waals surface area contributed by atoms with Crippen molar-refractivity contribution in [2.24, 2.45) is 0 Å². The Balaban J connectivity index is 2.23. The summed E-state index contributed by atoms with van der Waals surface area (Å²) in [4.78, 5) is 0. The third-order valence-electron chi connectivity index (χ3n) is 2.28. The zero-order valence-electron chi connectivity index (χ0n) is 8.07. The van der Waals surface area contributed by atoms with Gasteiger partial charge in [0, 0.05) is 12.7 Å².